The number of carbonyl (C=O) groups is 1. The Kier molecular flexibility index (Phi) is 5.15. The summed E-state index contributed by atoms with van der Waals surface area (Å²) in [7, 11) is 1.66. The van der Waals surface area contributed by atoms with Crippen molar-refractivity contribution < 1.29 is 9.53 Å². The lowest BCUT2D eigenvalue weighted by Crippen LogP contribution is -2.22. The van der Waals surface area contributed by atoms with Gasteiger partial charge in [-0.3, -0.25) is 9.48 Å². The summed E-state index contributed by atoms with van der Waals surface area (Å²) in [4.78, 5) is 11.9. The van der Waals surface area contributed by atoms with E-state index < -0.39 is 0 Å². The van der Waals surface area contributed by atoms with Gasteiger partial charge in [0.2, 0.25) is 0 Å². The number of nitriles is 1. The second kappa shape index (κ2) is 7.27. The van der Waals surface area contributed by atoms with Gasteiger partial charge in [-0.05, 0) is 24.1 Å². The van der Waals surface area contributed by atoms with Crippen molar-refractivity contribution in [3.8, 4) is 11.8 Å². The first kappa shape index (κ1) is 15.6. The van der Waals surface area contributed by atoms with Gasteiger partial charge >= 0.3 is 0 Å². The molecule has 0 atom stereocenters. The molecular formula is C16H18N4O2. The molecule has 1 amide bonds. The summed E-state index contributed by atoms with van der Waals surface area (Å²) in [5, 5.41) is 15.5. The average Bonchev–Trinajstić information content (AvgIpc) is 2.87. The maximum atomic E-state index is 11.9. The molecule has 0 saturated carbocycles. The fourth-order valence-electron chi connectivity index (χ4n) is 2.03. The van der Waals surface area contributed by atoms with Gasteiger partial charge in [-0.25, -0.2) is 0 Å². The van der Waals surface area contributed by atoms with Crippen molar-refractivity contribution in [2.24, 2.45) is 7.05 Å². The lowest BCUT2D eigenvalue weighted by Gasteiger charge is -2.08. The van der Waals surface area contributed by atoms with Crippen LogP contribution in [0.3, 0.4) is 0 Å². The van der Waals surface area contributed by atoms with Gasteiger partial charge in [-0.1, -0.05) is 25.5 Å². The highest BCUT2D eigenvalue weighted by atomic mass is 16.5. The third-order valence-electron chi connectivity index (χ3n) is 3.15. The topological polar surface area (TPSA) is 79.9 Å². The van der Waals surface area contributed by atoms with Crippen LogP contribution in [0.25, 0.3) is 0 Å². The largest absolute Gasteiger partial charge is 0.484 e. The summed E-state index contributed by atoms with van der Waals surface area (Å²) in [6.07, 6.45) is 3.52. The van der Waals surface area contributed by atoms with Crippen LogP contribution in [0.5, 0.6) is 5.75 Å². The van der Waals surface area contributed by atoms with Gasteiger partial charge in [0.15, 0.2) is 6.61 Å². The second-order valence-electron chi connectivity index (χ2n) is 4.87. The van der Waals surface area contributed by atoms with Crippen LogP contribution in [0.15, 0.2) is 30.5 Å². The average molecular weight is 298 g/mol. The van der Waals surface area contributed by atoms with Crippen LogP contribution in [-0.4, -0.2) is 22.3 Å². The number of benzene rings is 1. The standard InChI is InChI=1S/C16H18N4O2/c1-3-4-12-5-7-14(8-6-12)22-11-15(21)19-16-13(9-17)10-18-20(16)2/h5-8,10H,3-4,11H2,1-2H3,(H,19,21). The zero-order chi connectivity index (χ0) is 15.9. The summed E-state index contributed by atoms with van der Waals surface area (Å²) in [5.41, 5.74) is 1.56. The van der Waals surface area contributed by atoms with E-state index in [0.29, 0.717) is 17.1 Å². The molecule has 0 aliphatic rings. The van der Waals surface area contributed by atoms with Crippen molar-refractivity contribution in [1.82, 2.24) is 9.78 Å². The van der Waals surface area contributed by atoms with Crippen LogP contribution >= 0.6 is 0 Å². The molecule has 0 fully saturated rings. The van der Waals surface area contributed by atoms with Gasteiger partial charge in [-0.2, -0.15) is 10.4 Å². The number of carbonyl (C=O) groups excluding carboxylic acids is 1. The number of amides is 1. The fourth-order valence-corrected chi connectivity index (χ4v) is 2.03. The zero-order valence-corrected chi connectivity index (χ0v) is 12.7. The molecule has 1 heterocycles. The Bertz CT molecular complexity index is 683. The molecule has 6 nitrogen and oxygen atoms in total. The predicted molar refractivity (Wildman–Crippen MR) is 82.5 cm³/mol. The number of aromatic nitrogens is 2. The number of nitrogens with zero attached hydrogens (tertiary/aromatic N) is 3. The van der Waals surface area contributed by atoms with E-state index in [1.165, 1.54) is 16.4 Å². The third-order valence-corrected chi connectivity index (χ3v) is 3.15. The Morgan fingerprint density at radius 1 is 1.41 bits per heavy atom. The summed E-state index contributed by atoms with van der Waals surface area (Å²) in [6.45, 7) is 2.01. The number of aryl methyl sites for hydroxylation is 2. The lowest BCUT2D eigenvalue weighted by molar-refractivity contribution is -0.118. The number of anilines is 1. The molecule has 0 unspecified atom stereocenters. The second-order valence-corrected chi connectivity index (χ2v) is 4.87. The third kappa shape index (κ3) is 3.85. The summed E-state index contributed by atoms with van der Waals surface area (Å²) in [5.74, 6) is 0.674. The van der Waals surface area contributed by atoms with E-state index in [9.17, 15) is 4.79 Å². The molecule has 1 aromatic heterocycles. The molecule has 1 aromatic carbocycles. The molecule has 0 bridgehead atoms. The Morgan fingerprint density at radius 3 is 2.77 bits per heavy atom. The molecule has 0 radical (unpaired) electrons. The minimum absolute atomic E-state index is 0.122. The van der Waals surface area contributed by atoms with E-state index in [1.807, 2.05) is 30.3 Å². The zero-order valence-electron chi connectivity index (χ0n) is 12.7. The van der Waals surface area contributed by atoms with Crippen LogP contribution in [0.1, 0.15) is 24.5 Å². The highest BCUT2D eigenvalue weighted by Gasteiger charge is 2.12. The van der Waals surface area contributed by atoms with E-state index in [1.54, 1.807) is 7.05 Å². The van der Waals surface area contributed by atoms with Crippen molar-refractivity contribution >= 4 is 11.7 Å². The van der Waals surface area contributed by atoms with E-state index in [0.717, 1.165) is 12.8 Å². The SMILES string of the molecule is CCCc1ccc(OCC(=O)Nc2c(C#N)cnn2C)cc1. The maximum absolute atomic E-state index is 11.9. The Balaban J connectivity index is 1.90. The van der Waals surface area contributed by atoms with Gasteiger partial charge in [0.25, 0.3) is 5.91 Å². The van der Waals surface area contributed by atoms with Crippen LogP contribution in [0.4, 0.5) is 5.82 Å². The van der Waals surface area contributed by atoms with Gasteiger partial charge in [-0.15, -0.1) is 0 Å². The molecule has 0 saturated heterocycles. The number of ether oxygens (including phenoxy) is 1. The molecule has 0 aliphatic heterocycles. The first-order chi connectivity index (χ1) is 10.6. The Labute approximate surface area is 129 Å². The van der Waals surface area contributed by atoms with Crippen molar-refractivity contribution in [1.29, 1.82) is 5.26 Å². The van der Waals surface area contributed by atoms with Gasteiger partial charge in [0.1, 0.15) is 23.2 Å². The minimum Gasteiger partial charge on any atom is -0.484 e. The monoisotopic (exact) mass is 298 g/mol. The first-order valence-electron chi connectivity index (χ1n) is 7.07. The van der Waals surface area contributed by atoms with Crippen molar-refractivity contribution in [2.75, 3.05) is 11.9 Å². The first-order valence-corrected chi connectivity index (χ1v) is 7.07. The van der Waals surface area contributed by atoms with E-state index in [2.05, 4.69) is 17.3 Å². The van der Waals surface area contributed by atoms with Crippen LogP contribution in [-0.2, 0) is 18.3 Å². The normalized spacial score (nSPS) is 10.0. The molecule has 22 heavy (non-hydrogen) atoms. The highest BCUT2D eigenvalue weighted by Crippen LogP contribution is 2.14. The molecule has 6 heteroatoms. The van der Waals surface area contributed by atoms with Gasteiger partial charge in [0.05, 0.1) is 6.20 Å². The molecular weight excluding hydrogens is 280 g/mol. The molecule has 0 spiro atoms. The molecule has 2 rings (SSSR count). The minimum atomic E-state index is -0.335. The number of rotatable bonds is 6. The maximum Gasteiger partial charge on any atom is 0.263 e. The van der Waals surface area contributed by atoms with Crippen molar-refractivity contribution in [2.45, 2.75) is 19.8 Å². The van der Waals surface area contributed by atoms with E-state index >= 15 is 0 Å². The van der Waals surface area contributed by atoms with Crippen molar-refractivity contribution in [3.05, 3.63) is 41.6 Å². The van der Waals surface area contributed by atoms with Crippen LogP contribution in [0, 0.1) is 11.3 Å². The lowest BCUT2D eigenvalue weighted by atomic mass is 10.1. The van der Waals surface area contributed by atoms with Gasteiger partial charge < -0.3 is 10.1 Å². The predicted octanol–water partition coefficient (Wildman–Crippen LogP) is 2.26. The van der Waals surface area contributed by atoms with Crippen LogP contribution in [0.2, 0.25) is 0 Å². The highest BCUT2D eigenvalue weighted by molar-refractivity contribution is 5.92. The quantitative estimate of drug-likeness (QED) is 0.887. The van der Waals surface area contributed by atoms with Gasteiger partial charge in [0, 0.05) is 7.05 Å². The summed E-state index contributed by atoms with van der Waals surface area (Å²) < 4.78 is 6.88. The molecule has 0 aliphatic carbocycles. The van der Waals surface area contributed by atoms with Crippen LogP contribution < -0.4 is 10.1 Å². The Morgan fingerprint density at radius 2 is 2.14 bits per heavy atom. The fraction of sp³-hybridized carbons (Fsp3) is 0.312. The Hall–Kier alpha value is -2.81. The van der Waals surface area contributed by atoms with E-state index in [4.69, 9.17) is 10.00 Å². The van der Waals surface area contributed by atoms with E-state index in [-0.39, 0.29) is 12.5 Å². The number of nitrogens with one attached hydrogen (secondary N) is 1. The molecule has 2 aromatic rings. The van der Waals surface area contributed by atoms with Crippen molar-refractivity contribution in [3.63, 3.8) is 0 Å². The number of hydrogen-bond acceptors (Lipinski definition) is 4. The smallest absolute Gasteiger partial charge is 0.263 e. The number of hydrogen-bond donors (Lipinski definition) is 1. The molecule has 1 N–H and O–H groups in total. The summed E-state index contributed by atoms with van der Waals surface area (Å²) >= 11 is 0. The summed E-state index contributed by atoms with van der Waals surface area (Å²) in [6, 6.07) is 9.66. The molecule has 114 valence electrons.